The van der Waals surface area contributed by atoms with Gasteiger partial charge < -0.3 is 53.8 Å². The van der Waals surface area contributed by atoms with Crippen molar-refractivity contribution in [1.82, 2.24) is 15.2 Å². The zero-order chi connectivity index (χ0) is 38.6. The molecule has 300 valence electrons. The summed E-state index contributed by atoms with van der Waals surface area (Å²) in [7, 11) is 0. The lowest BCUT2D eigenvalue weighted by Gasteiger charge is -2.30. The maximum atomic E-state index is 13.1. The Kier molecular flexibility index (Phi) is 19.0. The molecule has 4 rings (SSSR count). The minimum absolute atomic E-state index is 0.0124. The van der Waals surface area contributed by atoms with Gasteiger partial charge in [0, 0.05) is 36.5 Å². The fraction of sp³-hybridized carbons (Fsp3) is 0.622. The number of anilines is 1. The van der Waals surface area contributed by atoms with E-state index in [1.165, 1.54) is 11.3 Å². The minimum Gasteiger partial charge on any atom is -0.481 e. The molecule has 0 atom stereocenters. The van der Waals surface area contributed by atoms with Crippen LogP contribution in [0.25, 0.3) is 20.8 Å². The van der Waals surface area contributed by atoms with E-state index in [-0.39, 0.29) is 25.0 Å². The lowest BCUT2D eigenvalue weighted by molar-refractivity contribution is -0.138. The van der Waals surface area contributed by atoms with Crippen LogP contribution in [0.4, 0.5) is 9.80 Å². The fourth-order valence-electron chi connectivity index (χ4n) is 5.20. The summed E-state index contributed by atoms with van der Waals surface area (Å²) in [6.07, 6.45) is 0.596. The topological polar surface area (TPSA) is 176 Å². The number of ether oxygens (including phenoxy) is 7. The predicted molar refractivity (Wildman–Crippen MR) is 207 cm³/mol. The van der Waals surface area contributed by atoms with E-state index in [0.29, 0.717) is 112 Å². The van der Waals surface area contributed by atoms with E-state index >= 15 is 0 Å². The number of benzene rings is 1. The summed E-state index contributed by atoms with van der Waals surface area (Å²) in [4.78, 5) is 44.0. The number of para-hydroxylation sites is 1. The summed E-state index contributed by atoms with van der Waals surface area (Å²) < 4.78 is 39.2. The van der Waals surface area contributed by atoms with E-state index in [4.69, 9.17) is 43.2 Å². The van der Waals surface area contributed by atoms with Crippen molar-refractivity contribution in [2.75, 3.05) is 104 Å². The molecule has 3 heterocycles. The number of aromatic nitrogens is 1. The van der Waals surface area contributed by atoms with Crippen LogP contribution in [0.5, 0.6) is 0 Å². The fourth-order valence-corrected chi connectivity index (χ4v) is 7.59. The van der Waals surface area contributed by atoms with Gasteiger partial charge in [0.1, 0.15) is 15.6 Å². The lowest BCUT2D eigenvalue weighted by atomic mass is 10.0. The van der Waals surface area contributed by atoms with Crippen LogP contribution in [0.1, 0.15) is 44.1 Å². The van der Waals surface area contributed by atoms with Crippen LogP contribution >= 0.6 is 22.7 Å². The number of carbonyl (C=O) groups excluding carboxylic acids is 2. The van der Waals surface area contributed by atoms with Crippen molar-refractivity contribution in [3.05, 3.63) is 34.7 Å². The van der Waals surface area contributed by atoms with Gasteiger partial charge in [0.05, 0.1) is 102 Å². The molecule has 0 radical (unpaired) electrons. The van der Waals surface area contributed by atoms with Gasteiger partial charge in [-0.3, -0.25) is 9.59 Å². The zero-order valence-electron chi connectivity index (χ0n) is 31.5. The summed E-state index contributed by atoms with van der Waals surface area (Å²) >= 11 is 3.11. The molecule has 0 bridgehead atoms. The molecule has 0 aliphatic carbocycles. The van der Waals surface area contributed by atoms with Crippen LogP contribution in [0, 0.1) is 0 Å². The summed E-state index contributed by atoms with van der Waals surface area (Å²) in [6, 6.07) is 8.01. The van der Waals surface area contributed by atoms with Gasteiger partial charge >= 0.3 is 12.1 Å². The van der Waals surface area contributed by atoms with Gasteiger partial charge in [0.2, 0.25) is 5.91 Å². The summed E-state index contributed by atoms with van der Waals surface area (Å²) in [6.45, 7) is 12.7. The second kappa shape index (κ2) is 23.6. The number of aliphatic carboxylic acids is 1. The number of thiophene rings is 1. The first-order chi connectivity index (χ1) is 26.1. The molecule has 15 nitrogen and oxygen atoms in total. The van der Waals surface area contributed by atoms with Crippen molar-refractivity contribution in [1.29, 1.82) is 0 Å². The Morgan fingerprint density at radius 1 is 0.796 bits per heavy atom. The lowest BCUT2D eigenvalue weighted by Crippen LogP contribution is -2.39. The van der Waals surface area contributed by atoms with Crippen LogP contribution < -0.4 is 10.6 Å². The SMILES string of the molecule is CC(C)(C)OC(=O)N1CCc2c(sc(NC(=O)CCNCCOCCOCCOCCOCCOCCOCCC(=O)O)c2-c2nc3ccccc3s2)C1. The quantitative estimate of drug-likeness (QED) is 0.0946. The molecule has 0 fully saturated rings. The first kappa shape index (κ1) is 43.5. The second-order valence-corrected chi connectivity index (χ2v) is 15.3. The van der Waals surface area contributed by atoms with E-state index in [2.05, 4.69) is 10.6 Å². The van der Waals surface area contributed by atoms with Gasteiger partial charge in [-0.1, -0.05) is 12.1 Å². The number of carbonyl (C=O) groups is 3. The van der Waals surface area contributed by atoms with Crippen molar-refractivity contribution >= 4 is 55.9 Å². The Hall–Kier alpha value is -3.26. The maximum Gasteiger partial charge on any atom is 0.410 e. The van der Waals surface area contributed by atoms with Crippen LogP contribution in [0.15, 0.2) is 24.3 Å². The number of amides is 2. The molecule has 0 unspecified atom stereocenters. The Morgan fingerprint density at radius 3 is 1.98 bits per heavy atom. The number of nitrogens with zero attached hydrogens (tertiary/aromatic N) is 2. The number of nitrogens with one attached hydrogen (secondary N) is 2. The molecule has 3 N–H and O–H groups in total. The van der Waals surface area contributed by atoms with Crippen molar-refractivity contribution in [2.45, 2.75) is 52.2 Å². The third-order valence-corrected chi connectivity index (χ3v) is 9.93. The van der Waals surface area contributed by atoms with E-state index < -0.39 is 11.6 Å². The van der Waals surface area contributed by atoms with Crippen LogP contribution in [-0.2, 0) is 55.7 Å². The van der Waals surface area contributed by atoms with Crippen molar-refractivity contribution in [3.63, 3.8) is 0 Å². The predicted octanol–water partition coefficient (Wildman–Crippen LogP) is 4.81. The smallest absolute Gasteiger partial charge is 0.410 e. The number of hydrogen-bond donors (Lipinski definition) is 3. The normalized spacial score (nSPS) is 13.0. The van der Waals surface area contributed by atoms with E-state index in [0.717, 1.165) is 36.2 Å². The third-order valence-electron chi connectivity index (χ3n) is 7.74. The first-order valence-electron chi connectivity index (χ1n) is 18.3. The monoisotopic (exact) mass is 794 g/mol. The van der Waals surface area contributed by atoms with E-state index in [9.17, 15) is 14.4 Å². The Bertz CT molecular complexity index is 1560. The molecular formula is C37H54N4O11S2. The molecule has 1 aliphatic heterocycles. The van der Waals surface area contributed by atoms with Gasteiger partial charge in [-0.25, -0.2) is 9.78 Å². The third kappa shape index (κ3) is 15.8. The molecule has 0 saturated carbocycles. The average Bonchev–Trinajstić information content (AvgIpc) is 3.71. The van der Waals surface area contributed by atoms with Crippen molar-refractivity contribution in [3.8, 4) is 10.6 Å². The Labute approximate surface area is 324 Å². The van der Waals surface area contributed by atoms with Gasteiger partial charge in [-0.2, -0.15) is 0 Å². The molecule has 3 aromatic rings. The second-order valence-electron chi connectivity index (χ2n) is 13.2. The number of carboxylic acid groups (broad SMARTS) is 1. The maximum absolute atomic E-state index is 13.1. The standard InChI is InChI=1S/C37H54N4O11S2/c1-37(2,3)52-36(45)41-13-9-27-30(26-41)54-35(33(27)34-39-28-6-4-5-7-29(28)53-34)40-31(42)8-11-38-12-15-47-17-19-49-21-23-51-25-24-50-22-20-48-18-16-46-14-10-32(43)44/h4-7,38H,8-26H2,1-3H3,(H,40,42)(H,43,44). The molecule has 54 heavy (non-hydrogen) atoms. The van der Waals surface area contributed by atoms with Crippen LogP contribution in [0.3, 0.4) is 0 Å². The number of rotatable bonds is 26. The highest BCUT2D eigenvalue weighted by molar-refractivity contribution is 7.23. The molecule has 2 amide bonds. The molecule has 17 heteroatoms. The molecule has 1 aromatic carbocycles. The number of thiazole rings is 1. The highest BCUT2D eigenvalue weighted by atomic mass is 32.1. The Balaban J connectivity index is 1.05. The summed E-state index contributed by atoms with van der Waals surface area (Å²) in [5.74, 6) is -0.980. The molecule has 2 aromatic heterocycles. The number of carboxylic acids is 1. The minimum atomic E-state index is -0.881. The van der Waals surface area contributed by atoms with Crippen LogP contribution in [0.2, 0.25) is 0 Å². The van der Waals surface area contributed by atoms with E-state index in [1.54, 1.807) is 16.2 Å². The molecule has 0 saturated heterocycles. The van der Waals surface area contributed by atoms with Gasteiger partial charge in [0.15, 0.2) is 0 Å². The molecule has 0 spiro atoms. The highest BCUT2D eigenvalue weighted by Crippen LogP contribution is 2.45. The zero-order valence-corrected chi connectivity index (χ0v) is 33.1. The summed E-state index contributed by atoms with van der Waals surface area (Å²) in [5.41, 5.74) is 2.42. The van der Waals surface area contributed by atoms with Crippen LogP contribution in [-0.4, -0.2) is 137 Å². The number of hydrogen-bond acceptors (Lipinski definition) is 14. The molecular weight excluding hydrogens is 741 g/mol. The average molecular weight is 795 g/mol. The van der Waals surface area contributed by atoms with Gasteiger partial charge in [-0.05, 0) is 44.9 Å². The summed E-state index contributed by atoms with van der Waals surface area (Å²) in [5, 5.41) is 16.6. The van der Waals surface area contributed by atoms with Crippen molar-refractivity contribution in [2.24, 2.45) is 0 Å². The van der Waals surface area contributed by atoms with Crippen molar-refractivity contribution < 1.29 is 52.6 Å². The van der Waals surface area contributed by atoms with E-state index in [1.807, 2.05) is 45.0 Å². The number of fused-ring (bicyclic) bond motifs is 2. The van der Waals surface area contributed by atoms with Gasteiger partial charge in [-0.15, -0.1) is 22.7 Å². The largest absolute Gasteiger partial charge is 0.481 e. The van der Waals surface area contributed by atoms with Gasteiger partial charge in [0.25, 0.3) is 0 Å². The molecule has 1 aliphatic rings. The Morgan fingerprint density at radius 2 is 1.39 bits per heavy atom. The first-order valence-corrected chi connectivity index (χ1v) is 19.9. The highest BCUT2D eigenvalue weighted by Gasteiger charge is 2.31.